The second kappa shape index (κ2) is 5.66. The summed E-state index contributed by atoms with van der Waals surface area (Å²) >= 11 is 2.00. The van der Waals surface area contributed by atoms with Gasteiger partial charge < -0.3 is 0 Å². The second-order valence-corrected chi connectivity index (χ2v) is 6.37. The van der Waals surface area contributed by atoms with Gasteiger partial charge in [0.15, 0.2) is 0 Å². The molecule has 3 atom stereocenters. The average molecular weight is 211 g/mol. The zero-order valence-corrected chi connectivity index (χ0v) is 10.3. The minimum atomic E-state index is 0.310. The molecule has 0 radical (unpaired) electrons. The highest BCUT2D eigenvalue weighted by atomic mass is 32.2. The smallest absolute Gasteiger partial charge is 0.0667 e. The Morgan fingerprint density at radius 3 is 2.64 bits per heavy atom. The molecule has 80 valence electrons. The summed E-state index contributed by atoms with van der Waals surface area (Å²) in [4.78, 5) is 0. The Morgan fingerprint density at radius 1 is 1.43 bits per heavy atom. The molecule has 0 bridgehead atoms. The fourth-order valence-electron chi connectivity index (χ4n) is 2.23. The molecule has 0 aliphatic heterocycles. The molecule has 0 aromatic heterocycles. The number of hydrogen-bond donors (Lipinski definition) is 0. The van der Waals surface area contributed by atoms with Gasteiger partial charge in [-0.05, 0) is 30.4 Å². The quantitative estimate of drug-likeness (QED) is 0.708. The predicted molar refractivity (Wildman–Crippen MR) is 63.3 cm³/mol. The molecule has 0 aromatic carbocycles. The summed E-state index contributed by atoms with van der Waals surface area (Å²) < 4.78 is 0. The molecule has 1 saturated carbocycles. The van der Waals surface area contributed by atoms with Gasteiger partial charge in [0.05, 0.1) is 12.0 Å². The third-order valence-electron chi connectivity index (χ3n) is 3.09. The highest BCUT2D eigenvalue weighted by Gasteiger charge is 2.30. The van der Waals surface area contributed by atoms with Gasteiger partial charge in [0.25, 0.3) is 0 Å². The fourth-order valence-corrected chi connectivity index (χ4v) is 3.70. The van der Waals surface area contributed by atoms with E-state index in [1.54, 1.807) is 0 Å². The summed E-state index contributed by atoms with van der Waals surface area (Å²) in [6, 6.07) is 2.48. The lowest BCUT2D eigenvalue weighted by molar-refractivity contribution is 0.317. The van der Waals surface area contributed by atoms with E-state index >= 15 is 0 Å². The predicted octanol–water partition coefficient (Wildman–Crippen LogP) is 3.85. The van der Waals surface area contributed by atoms with Crippen LogP contribution in [0.2, 0.25) is 0 Å². The third-order valence-corrected chi connectivity index (χ3v) is 4.51. The van der Waals surface area contributed by atoms with Crippen molar-refractivity contribution in [3.05, 3.63) is 0 Å². The molecule has 0 spiro atoms. The monoisotopic (exact) mass is 211 g/mol. The van der Waals surface area contributed by atoms with Crippen LogP contribution in [0, 0.1) is 23.2 Å². The maximum atomic E-state index is 9.07. The van der Waals surface area contributed by atoms with E-state index in [0.717, 1.165) is 12.3 Å². The van der Waals surface area contributed by atoms with Gasteiger partial charge in [0.2, 0.25) is 0 Å². The Kier molecular flexibility index (Phi) is 4.81. The van der Waals surface area contributed by atoms with Crippen molar-refractivity contribution in [3.63, 3.8) is 0 Å². The number of thioether (sulfide) groups is 1. The van der Waals surface area contributed by atoms with Crippen LogP contribution in [0.3, 0.4) is 0 Å². The molecule has 1 rings (SSSR count). The number of nitrogens with zero attached hydrogens (tertiary/aromatic N) is 1. The van der Waals surface area contributed by atoms with E-state index in [9.17, 15) is 0 Å². The van der Waals surface area contributed by atoms with Gasteiger partial charge in [-0.2, -0.15) is 17.0 Å². The van der Waals surface area contributed by atoms with Crippen molar-refractivity contribution in [1.82, 2.24) is 0 Å². The normalized spacial score (nSPS) is 32.9. The largest absolute Gasteiger partial charge is 0.198 e. The SMILES string of the molecule is CCC1CCC(C#N)C(SC(C)C)C1. The molecule has 1 nitrogen and oxygen atoms in total. The topological polar surface area (TPSA) is 23.8 Å². The standard InChI is InChI=1S/C12H21NS/c1-4-10-5-6-11(8-13)12(7-10)14-9(2)3/h9-12H,4-7H2,1-3H3. The van der Waals surface area contributed by atoms with Gasteiger partial charge in [-0.25, -0.2) is 0 Å². The van der Waals surface area contributed by atoms with Crippen LogP contribution in [0.15, 0.2) is 0 Å². The molecular formula is C12H21NS. The summed E-state index contributed by atoms with van der Waals surface area (Å²) in [5, 5.41) is 10.3. The molecule has 0 heterocycles. The van der Waals surface area contributed by atoms with Gasteiger partial charge in [0.1, 0.15) is 0 Å². The molecule has 1 aliphatic rings. The van der Waals surface area contributed by atoms with Gasteiger partial charge in [-0.15, -0.1) is 0 Å². The first-order chi connectivity index (χ1) is 6.67. The molecule has 3 unspecified atom stereocenters. The first-order valence-corrected chi connectivity index (χ1v) is 6.66. The number of rotatable bonds is 3. The summed E-state index contributed by atoms with van der Waals surface area (Å²) in [6.45, 7) is 6.73. The van der Waals surface area contributed by atoms with Crippen LogP contribution in [-0.2, 0) is 0 Å². The van der Waals surface area contributed by atoms with Crippen LogP contribution in [-0.4, -0.2) is 10.5 Å². The Morgan fingerprint density at radius 2 is 2.14 bits per heavy atom. The van der Waals surface area contributed by atoms with Gasteiger partial charge in [-0.3, -0.25) is 0 Å². The van der Waals surface area contributed by atoms with Crippen LogP contribution >= 0.6 is 11.8 Å². The minimum Gasteiger partial charge on any atom is -0.198 e. The van der Waals surface area contributed by atoms with Crippen LogP contribution in [0.4, 0.5) is 0 Å². The lowest BCUT2D eigenvalue weighted by Gasteiger charge is -2.32. The number of hydrogen-bond acceptors (Lipinski definition) is 2. The van der Waals surface area contributed by atoms with Crippen LogP contribution in [0.1, 0.15) is 46.5 Å². The third kappa shape index (κ3) is 3.20. The molecule has 2 heteroatoms. The van der Waals surface area contributed by atoms with E-state index in [0.29, 0.717) is 16.4 Å². The highest BCUT2D eigenvalue weighted by Crippen LogP contribution is 2.38. The summed E-state index contributed by atoms with van der Waals surface area (Å²) in [5.41, 5.74) is 0. The zero-order chi connectivity index (χ0) is 10.6. The first-order valence-electron chi connectivity index (χ1n) is 5.72. The van der Waals surface area contributed by atoms with Crippen molar-refractivity contribution < 1.29 is 0 Å². The second-order valence-electron chi connectivity index (χ2n) is 4.55. The maximum absolute atomic E-state index is 9.07. The van der Waals surface area contributed by atoms with Crippen LogP contribution < -0.4 is 0 Å². The van der Waals surface area contributed by atoms with E-state index in [1.807, 2.05) is 11.8 Å². The van der Waals surface area contributed by atoms with Crippen LogP contribution in [0.5, 0.6) is 0 Å². The first kappa shape index (κ1) is 11.9. The van der Waals surface area contributed by atoms with E-state index in [1.165, 1.54) is 19.3 Å². The lowest BCUT2D eigenvalue weighted by Crippen LogP contribution is -2.27. The van der Waals surface area contributed by atoms with Gasteiger partial charge >= 0.3 is 0 Å². The van der Waals surface area contributed by atoms with Crippen molar-refractivity contribution in [2.75, 3.05) is 0 Å². The number of nitriles is 1. The average Bonchev–Trinajstić information content (AvgIpc) is 2.16. The Labute approximate surface area is 92.3 Å². The Balaban J connectivity index is 2.52. The Hall–Kier alpha value is -0.160. The van der Waals surface area contributed by atoms with Crippen molar-refractivity contribution in [2.45, 2.75) is 57.0 Å². The molecule has 1 fully saturated rings. The minimum absolute atomic E-state index is 0.310. The molecule has 14 heavy (non-hydrogen) atoms. The van der Waals surface area contributed by atoms with Crippen molar-refractivity contribution in [1.29, 1.82) is 5.26 Å². The summed E-state index contributed by atoms with van der Waals surface area (Å²) in [7, 11) is 0. The highest BCUT2D eigenvalue weighted by molar-refractivity contribution is 8.00. The lowest BCUT2D eigenvalue weighted by atomic mass is 9.81. The van der Waals surface area contributed by atoms with Gasteiger partial charge in [0, 0.05) is 5.25 Å². The molecule has 0 aromatic rings. The molecule has 1 aliphatic carbocycles. The van der Waals surface area contributed by atoms with Gasteiger partial charge in [-0.1, -0.05) is 27.2 Å². The Bertz CT molecular complexity index is 207. The van der Waals surface area contributed by atoms with Crippen LogP contribution in [0.25, 0.3) is 0 Å². The molecule has 0 saturated heterocycles. The fraction of sp³-hybridized carbons (Fsp3) is 0.917. The molecule has 0 N–H and O–H groups in total. The zero-order valence-electron chi connectivity index (χ0n) is 9.49. The summed E-state index contributed by atoms with van der Waals surface area (Å²) in [5.74, 6) is 1.18. The van der Waals surface area contributed by atoms with E-state index in [2.05, 4.69) is 26.8 Å². The van der Waals surface area contributed by atoms with E-state index in [4.69, 9.17) is 5.26 Å². The van der Waals surface area contributed by atoms with Crippen molar-refractivity contribution in [3.8, 4) is 6.07 Å². The molecular weight excluding hydrogens is 190 g/mol. The van der Waals surface area contributed by atoms with Crippen molar-refractivity contribution in [2.24, 2.45) is 11.8 Å². The molecule has 0 amide bonds. The van der Waals surface area contributed by atoms with E-state index in [-0.39, 0.29) is 0 Å². The maximum Gasteiger partial charge on any atom is 0.0667 e. The van der Waals surface area contributed by atoms with E-state index < -0.39 is 0 Å². The van der Waals surface area contributed by atoms with Crippen molar-refractivity contribution >= 4 is 11.8 Å². The summed E-state index contributed by atoms with van der Waals surface area (Å²) in [6.07, 6.45) is 4.94.